The Hall–Kier alpha value is -2.20. The van der Waals surface area contributed by atoms with Gasteiger partial charge in [0.05, 0.1) is 7.11 Å². The third kappa shape index (κ3) is 4.40. The maximum Gasteiger partial charge on any atom is 0.317 e. The lowest BCUT2D eigenvalue weighted by atomic mass is 10.2. The number of nitrogens with one attached hydrogen (secondary N) is 1. The van der Waals surface area contributed by atoms with Gasteiger partial charge in [-0.3, -0.25) is 0 Å². The third-order valence-corrected chi connectivity index (χ3v) is 3.51. The van der Waals surface area contributed by atoms with Gasteiger partial charge in [0, 0.05) is 30.7 Å². The number of benzene rings is 2. The van der Waals surface area contributed by atoms with Crippen molar-refractivity contribution in [3.05, 3.63) is 64.7 Å². The van der Waals surface area contributed by atoms with Crippen LogP contribution in [-0.2, 0) is 13.1 Å². The highest BCUT2D eigenvalue weighted by atomic mass is 35.5. The second kappa shape index (κ2) is 7.71. The molecule has 2 aromatic rings. The van der Waals surface area contributed by atoms with Crippen molar-refractivity contribution in [3.8, 4) is 5.75 Å². The summed E-state index contributed by atoms with van der Waals surface area (Å²) in [5, 5.41) is 3.55. The van der Waals surface area contributed by atoms with E-state index >= 15 is 0 Å². The molecule has 5 heteroatoms. The standard InChI is InChI=1S/C17H19ClN2O2/c1-20(12-13-6-5-8-15(18)10-13)17(21)19-11-14-7-3-4-9-16(14)22-2/h3-10H,11-12H2,1-2H3,(H,19,21). The van der Waals surface area contributed by atoms with Crippen LogP contribution in [0.5, 0.6) is 5.75 Å². The summed E-state index contributed by atoms with van der Waals surface area (Å²) >= 11 is 5.95. The molecule has 116 valence electrons. The van der Waals surface area contributed by atoms with Gasteiger partial charge in [0.25, 0.3) is 0 Å². The number of urea groups is 1. The first-order chi connectivity index (χ1) is 10.6. The van der Waals surface area contributed by atoms with E-state index in [-0.39, 0.29) is 6.03 Å². The zero-order valence-corrected chi connectivity index (χ0v) is 13.4. The predicted octanol–water partition coefficient (Wildman–Crippen LogP) is 3.69. The number of nitrogens with zero attached hydrogens (tertiary/aromatic N) is 1. The minimum Gasteiger partial charge on any atom is -0.496 e. The predicted molar refractivity (Wildman–Crippen MR) is 88.1 cm³/mol. The van der Waals surface area contributed by atoms with Gasteiger partial charge < -0.3 is 15.0 Å². The van der Waals surface area contributed by atoms with Crippen molar-refractivity contribution in [2.75, 3.05) is 14.2 Å². The second-order valence-corrected chi connectivity index (χ2v) is 5.39. The number of methoxy groups -OCH3 is 1. The summed E-state index contributed by atoms with van der Waals surface area (Å²) in [5.74, 6) is 0.764. The SMILES string of the molecule is COc1ccccc1CNC(=O)N(C)Cc1cccc(Cl)c1. The smallest absolute Gasteiger partial charge is 0.317 e. The van der Waals surface area contributed by atoms with E-state index in [1.54, 1.807) is 19.1 Å². The first-order valence-corrected chi connectivity index (χ1v) is 7.33. The molecule has 0 bridgehead atoms. The summed E-state index contributed by atoms with van der Waals surface area (Å²) in [4.78, 5) is 13.8. The van der Waals surface area contributed by atoms with Gasteiger partial charge in [0.2, 0.25) is 0 Å². The number of carbonyl (C=O) groups excluding carboxylic acids is 1. The Balaban J connectivity index is 1.91. The Bertz CT molecular complexity index is 646. The van der Waals surface area contributed by atoms with Crippen LogP contribution in [0.2, 0.25) is 5.02 Å². The molecule has 22 heavy (non-hydrogen) atoms. The summed E-state index contributed by atoms with van der Waals surface area (Å²) in [7, 11) is 3.37. The van der Waals surface area contributed by atoms with Gasteiger partial charge in [-0.1, -0.05) is 41.9 Å². The van der Waals surface area contributed by atoms with Gasteiger partial charge in [-0.25, -0.2) is 4.79 Å². The molecular formula is C17H19ClN2O2. The minimum absolute atomic E-state index is 0.147. The minimum atomic E-state index is -0.147. The molecule has 0 spiro atoms. The number of hydrogen-bond acceptors (Lipinski definition) is 2. The number of halogens is 1. The van der Waals surface area contributed by atoms with E-state index in [9.17, 15) is 4.79 Å². The van der Waals surface area contributed by atoms with E-state index in [1.165, 1.54) is 0 Å². The Morgan fingerprint density at radius 1 is 1.23 bits per heavy atom. The fraction of sp³-hybridized carbons (Fsp3) is 0.235. The Morgan fingerprint density at radius 3 is 2.73 bits per heavy atom. The summed E-state index contributed by atoms with van der Waals surface area (Å²) < 4.78 is 5.27. The van der Waals surface area contributed by atoms with Gasteiger partial charge in [-0.05, 0) is 23.8 Å². The molecule has 2 aromatic carbocycles. The monoisotopic (exact) mass is 318 g/mol. The van der Waals surface area contributed by atoms with E-state index in [0.29, 0.717) is 18.1 Å². The highest BCUT2D eigenvalue weighted by Gasteiger charge is 2.10. The molecule has 0 fully saturated rings. The van der Waals surface area contributed by atoms with Crippen molar-refractivity contribution in [2.24, 2.45) is 0 Å². The van der Waals surface area contributed by atoms with Gasteiger partial charge in [0.1, 0.15) is 5.75 Å². The van der Waals surface area contributed by atoms with Gasteiger partial charge >= 0.3 is 6.03 Å². The molecule has 4 nitrogen and oxygen atoms in total. The van der Waals surface area contributed by atoms with Crippen LogP contribution in [0.4, 0.5) is 4.79 Å². The molecule has 0 atom stereocenters. The average Bonchev–Trinajstić information content (AvgIpc) is 2.52. The van der Waals surface area contributed by atoms with E-state index < -0.39 is 0 Å². The quantitative estimate of drug-likeness (QED) is 0.913. The molecule has 0 aliphatic rings. The Kier molecular flexibility index (Phi) is 5.67. The molecule has 0 aliphatic heterocycles. The summed E-state index contributed by atoms with van der Waals surface area (Å²) in [6.45, 7) is 0.918. The van der Waals surface area contributed by atoms with Crippen LogP contribution in [0.15, 0.2) is 48.5 Å². The van der Waals surface area contributed by atoms with Gasteiger partial charge in [-0.2, -0.15) is 0 Å². The fourth-order valence-electron chi connectivity index (χ4n) is 2.14. The van der Waals surface area contributed by atoms with Crippen LogP contribution >= 0.6 is 11.6 Å². The molecule has 0 aliphatic carbocycles. The van der Waals surface area contributed by atoms with E-state index in [4.69, 9.17) is 16.3 Å². The Labute approximate surface area is 135 Å². The van der Waals surface area contributed by atoms with Crippen LogP contribution < -0.4 is 10.1 Å². The second-order valence-electron chi connectivity index (χ2n) is 4.96. The van der Waals surface area contributed by atoms with Gasteiger partial charge in [0.15, 0.2) is 0 Å². The number of rotatable bonds is 5. The zero-order chi connectivity index (χ0) is 15.9. The number of amides is 2. The molecule has 2 amide bonds. The summed E-state index contributed by atoms with van der Waals surface area (Å²) in [5.41, 5.74) is 1.93. The average molecular weight is 319 g/mol. The summed E-state index contributed by atoms with van der Waals surface area (Å²) in [6.07, 6.45) is 0. The topological polar surface area (TPSA) is 41.6 Å². The van der Waals surface area contributed by atoms with Gasteiger partial charge in [-0.15, -0.1) is 0 Å². The molecule has 0 radical (unpaired) electrons. The van der Waals surface area contributed by atoms with Crippen LogP contribution in [0, 0.1) is 0 Å². The number of para-hydroxylation sites is 1. The van der Waals surface area contributed by atoms with E-state index in [1.807, 2.05) is 48.5 Å². The highest BCUT2D eigenvalue weighted by Crippen LogP contribution is 2.17. The maximum atomic E-state index is 12.1. The lowest BCUT2D eigenvalue weighted by molar-refractivity contribution is 0.206. The summed E-state index contributed by atoms with van der Waals surface area (Å²) in [6, 6.07) is 14.9. The molecule has 1 N–H and O–H groups in total. The highest BCUT2D eigenvalue weighted by molar-refractivity contribution is 6.30. The lowest BCUT2D eigenvalue weighted by Gasteiger charge is -2.18. The fourth-order valence-corrected chi connectivity index (χ4v) is 2.35. The number of hydrogen-bond donors (Lipinski definition) is 1. The molecule has 0 saturated heterocycles. The van der Waals surface area contributed by atoms with Crippen LogP contribution in [0.1, 0.15) is 11.1 Å². The molecule has 2 rings (SSSR count). The molecule has 0 saturated carbocycles. The zero-order valence-electron chi connectivity index (χ0n) is 12.7. The van der Waals surface area contributed by atoms with Crippen molar-refractivity contribution in [1.29, 1.82) is 0 Å². The van der Waals surface area contributed by atoms with Crippen LogP contribution in [0.25, 0.3) is 0 Å². The molecular weight excluding hydrogens is 300 g/mol. The molecule has 0 unspecified atom stereocenters. The number of carbonyl (C=O) groups is 1. The molecule has 0 aromatic heterocycles. The van der Waals surface area contributed by atoms with Crippen molar-refractivity contribution in [1.82, 2.24) is 10.2 Å². The largest absolute Gasteiger partial charge is 0.496 e. The van der Waals surface area contributed by atoms with Crippen LogP contribution in [-0.4, -0.2) is 25.1 Å². The third-order valence-electron chi connectivity index (χ3n) is 3.28. The van der Waals surface area contributed by atoms with Crippen molar-refractivity contribution in [2.45, 2.75) is 13.1 Å². The van der Waals surface area contributed by atoms with Crippen molar-refractivity contribution < 1.29 is 9.53 Å². The molecule has 0 heterocycles. The van der Waals surface area contributed by atoms with Crippen molar-refractivity contribution in [3.63, 3.8) is 0 Å². The first kappa shape index (κ1) is 16.2. The van der Waals surface area contributed by atoms with E-state index in [0.717, 1.165) is 16.9 Å². The van der Waals surface area contributed by atoms with Crippen molar-refractivity contribution >= 4 is 17.6 Å². The lowest BCUT2D eigenvalue weighted by Crippen LogP contribution is -2.36. The van der Waals surface area contributed by atoms with E-state index in [2.05, 4.69) is 5.32 Å². The maximum absolute atomic E-state index is 12.1. The normalized spacial score (nSPS) is 10.1. The Morgan fingerprint density at radius 2 is 2.00 bits per heavy atom. The number of ether oxygens (including phenoxy) is 1. The first-order valence-electron chi connectivity index (χ1n) is 6.95. The van der Waals surface area contributed by atoms with Crippen LogP contribution in [0.3, 0.4) is 0 Å².